The van der Waals surface area contributed by atoms with Crippen LogP contribution in [-0.4, -0.2) is 52.1 Å². The zero-order valence-corrected chi connectivity index (χ0v) is 20.3. The van der Waals surface area contributed by atoms with E-state index in [2.05, 4.69) is 4.99 Å². The first-order valence-electron chi connectivity index (χ1n) is 10.7. The van der Waals surface area contributed by atoms with Crippen molar-refractivity contribution in [3.8, 4) is 10.4 Å². The summed E-state index contributed by atoms with van der Waals surface area (Å²) >= 11 is 2.13. The van der Waals surface area contributed by atoms with Crippen molar-refractivity contribution < 1.29 is 34.1 Å². The van der Waals surface area contributed by atoms with Gasteiger partial charge in [0.2, 0.25) is 0 Å². The van der Waals surface area contributed by atoms with E-state index >= 15 is 0 Å². The van der Waals surface area contributed by atoms with Crippen LogP contribution in [0.1, 0.15) is 25.6 Å². The van der Waals surface area contributed by atoms with E-state index in [1.54, 1.807) is 0 Å². The van der Waals surface area contributed by atoms with E-state index in [-0.39, 0.29) is 15.5 Å². The molecule has 0 saturated heterocycles. The molecule has 0 fully saturated rings. The SMILES string of the molecule is O=C(COCC(=O)c1sc(-c2ccccc2)cc1C(=O)O)N=C1SC(c2ccccc2)=CC1C(=O)O. The summed E-state index contributed by atoms with van der Waals surface area (Å²) in [7, 11) is 0. The van der Waals surface area contributed by atoms with Crippen molar-refractivity contribution in [2.75, 3.05) is 13.2 Å². The molecule has 1 aromatic heterocycles. The number of thioether (sulfide) groups is 1. The van der Waals surface area contributed by atoms with Gasteiger partial charge in [-0.25, -0.2) is 9.79 Å². The standard InChI is InChI=1S/C26H19NO7S2/c28-19(23-17(25(30)31)11-20(35-23)15-7-3-1-4-8-15)13-34-14-22(29)27-24-18(26(32)33)12-21(36-24)16-9-5-2-6-10-16/h1-12,18H,13-14H2,(H,30,31)(H,32,33). The van der Waals surface area contributed by atoms with Crippen molar-refractivity contribution in [1.29, 1.82) is 0 Å². The highest BCUT2D eigenvalue weighted by molar-refractivity contribution is 8.22. The van der Waals surface area contributed by atoms with Crippen LogP contribution in [0.5, 0.6) is 0 Å². The monoisotopic (exact) mass is 521 g/mol. The van der Waals surface area contributed by atoms with Crippen LogP contribution in [0, 0.1) is 5.92 Å². The van der Waals surface area contributed by atoms with E-state index in [1.165, 1.54) is 12.1 Å². The van der Waals surface area contributed by atoms with Gasteiger partial charge in [0.05, 0.1) is 10.4 Å². The number of aliphatic imine (C=N–C) groups is 1. The largest absolute Gasteiger partial charge is 0.480 e. The summed E-state index contributed by atoms with van der Waals surface area (Å²) in [6.45, 7) is -1.07. The Morgan fingerprint density at radius 1 is 0.889 bits per heavy atom. The van der Waals surface area contributed by atoms with Crippen LogP contribution in [0.25, 0.3) is 15.3 Å². The third-order valence-electron chi connectivity index (χ3n) is 5.09. The lowest BCUT2D eigenvalue weighted by Crippen LogP contribution is -2.19. The van der Waals surface area contributed by atoms with Crippen molar-refractivity contribution in [1.82, 2.24) is 0 Å². The highest BCUT2D eigenvalue weighted by Gasteiger charge is 2.31. The Balaban J connectivity index is 1.40. The molecule has 1 amide bonds. The van der Waals surface area contributed by atoms with Gasteiger partial charge in [0.15, 0.2) is 5.78 Å². The van der Waals surface area contributed by atoms with E-state index in [4.69, 9.17) is 4.74 Å². The number of Topliss-reactive ketones (excluding diaryl/α,β-unsaturated/α-hetero) is 1. The maximum absolute atomic E-state index is 12.7. The molecule has 10 heteroatoms. The fourth-order valence-electron chi connectivity index (χ4n) is 3.41. The molecule has 0 saturated carbocycles. The van der Waals surface area contributed by atoms with Crippen molar-refractivity contribution in [3.63, 3.8) is 0 Å². The Hall–Kier alpha value is -3.86. The fourth-order valence-corrected chi connectivity index (χ4v) is 5.62. The van der Waals surface area contributed by atoms with Gasteiger partial charge < -0.3 is 14.9 Å². The highest BCUT2D eigenvalue weighted by Crippen LogP contribution is 2.39. The summed E-state index contributed by atoms with van der Waals surface area (Å²) in [6, 6.07) is 19.7. The quantitative estimate of drug-likeness (QED) is 0.387. The smallest absolute Gasteiger partial charge is 0.337 e. The van der Waals surface area contributed by atoms with Gasteiger partial charge in [-0.15, -0.1) is 11.3 Å². The lowest BCUT2D eigenvalue weighted by atomic mass is 10.1. The number of carboxylic acid groups (broad SMARTS) is 2. The number of aromatic carboxylic acids is 1. The molecule has 2 N–H and O–H groups in total. The summed E-state index contributed by atoms with van der Waals surface area (Å²) < 4.78 is 5.21. The maximum Gasteiger partial charge on any atom is 0.337 e. The Kier molecular flexibility index (Phi) is 7.89. The number of carbonyl (C=O) groups is 4. The number of carbonyl (C=O) groups excluding carboxylic acids is 2. The van der Waals surface area contributed by atoms with E-state index in [0.717, 1.165) is 34.2 Å². The Morgan fingerprint density at radius 3 is 2.14 bits per heavy atom. The summed E-state index contributed by atoms with van der Waals surface area (Å²) in [4.78, 5) is 53.5. The molecule has 1 unspecified atom stereocenters. The number of nitrogens with zero attached hydrogens (tertiary/aromatic N) is 1. The van der Waals surface area contributed by atoms with Crippen molar-refractivity contribution in [3.05, 3.63) is 88.8 Å². The molecule has 4 rings (SSSR count). The van der Waals surface area contributed by atoms with Crippen molar-refractivity contribution in [2.45, 2.75) is 0 Å². The average molecular weight is 522 g/mol. The second-order valence-electron chi connectivity index (χ2n) is 7.60. The van der Waals surface area contributed by atoms with Gasteiger partial charge in [-0.2, -0.15) is 0 Å². The fraction of sp³-hybridized carbons (Fsp3) is 0.115. The van der Waals surface area contributed by atoms with E-state index in [9.17, 15) is 29.4 Å². The molecular weight excluding hydrogens is 502 g/mol. The molecule has 36 heavy (non-hydrogen) atoms. The molecule has 1 aliphatic rings. The molecular formula is C26H19NO7S2. The molecule has 182 valence electrons. The summed E-state index contributed by atoms with van der Waals surface area (Å²) in [5.74, 6) is -4.75. The molecule has 0 aliphatic carbocycles. The summed E-state index contributed by atoms with van der Waals surface area (Å²) in [5.41, 5.74) is 1.46. The van der Waals surface area contributed by atoms with E-state index in [0.29, 0.717) is 9.78 Å². The number of hydrogen-bond donors (Lipinski definition) is 2. The summed E-state index contributed by atoms with van der Waals surface area (Å²) in [6.07, 6.45) is 1.54. The van der Waals surface area contributed by atoms with Gasteiger partial charge in [-0.3, -0.25) is 14.4 Å². The normalized spacial score (nSPS) is 16.1. The minimum Gasteiger partial charge on any atom is -0.480 e. The van der Waals surface area contributed by atoms with Gasteiger partial charge in [0.1, 0.15) is 24.2 Å². The minimum absolute atomic E-state index is 0.0223. The Bertz CT molecular complexity index is 1380. The molecule has 1 atom stereocenters. The number of benzene rings is 2. The van der Waals surface area contributed by atoms with Crippen LogP contribution in [0.4, 0.5) is 0 Å². The molecule has 2 heterocycles. The van der Waals surface area contributed by atoms with Gasteiger partial charge in [-0.1, -0.05) is 72.4 Å². The third kappa shape index (κ3) is 5.85. The van der Waals surface area contributed by atoms with Crippen LogP contribution in [-0.2, 0) is 14.3 Å². The van der Waals surface area contributed by atoms with E-state index in [1.807, 2.05) is 60.7 Å². The van der Waals surface area contributed by atoms with Crippen LogP contribution < -0.4 is 0 Å². The molecule has 1 aliphatic heterocycles. The first-order chi connectivity index (χ1) is 17.3. The average Bonchev–Trinajstić information content (AvgIpc) is 3.50. The summed E-state index contributed by atoms with van der Waals surface area (Å²) in [5, 5.41) is 19.1. The molecule has 2 aromatic carbocycles. The van der Waals surface area contributed by atoms with E-state index < -0.39 is 42.8 Å². The van der Waals surface area contributed by atoms with Gasteiger partial charge in [-0.05, 0) is 23.3 Å². The number of hydrogen-bond acceptors (Lipinski definition) is 7. The van der Waals surface area contributed by atoms with Gasteiger partial charge in [0, 0.05) is 9.78 Å². The Labute approximate surface area is 214 Å². The number of aliphatic carboxylic acids is 1. The zero-order chi connectivity index (χ0) is 25.7. The number of carboxylic acids is 2. The van der Waals surface area contributed by atoms with Gasteiger partial charge >= 0.3 is 11.9 Å². The topological polar surface area (TPSA) is 130 Å². The molecule has 3 aromatic rings. The van der Waals surface area contributed by atoms with Crippen LogP contribution in [0.2, 0.25) is 0 Å². The van der Waals surface area contributed by atoms with Crippen LogP contribution in [0.3, 0.4) is 0 Å². The molecule has 8 nitrogen and oxygen atoms in total. The second-order valence-corrected chi connectivity index (χ2v) is 9.71. The van der Waals surface area contributed by atoms with Crippen molar-refractivity contribution in [2.24, 2.45) is 10.9 Å². The third-order valence-corrected chi connectivity index (χ3v) is 7.46. The number of thiophene rings is 1. The molecule has 0 bridgehead atoms. The number of rotatable bonds is 9. The second kappa shape index (κ2) is 11.3. The first kappa shape index (κ1) is 25.2. The zero-order valence-electron chi connectivity index (χ0n) is 18.6. The number of ether oxygens (including phenoxy) is 1. The predicted molar refractivity (Wildman–Crippen MR) is 137 cm³/mol. The highest BCUT2D eigenvalue weighted by atomic mass is 32.2. The lowest BCUT2D eigenvalue weighted by molar-refractivity contribution is -0.137. The predicted octanol–water partition coefficient (Wildman–Crippen LogP) is 4.73. The van der Waals surface area contributed by atoms with Gasteiger partial charge in [0.25, 0.3) is 5.91 Å². The maximum atomic E-state index is 12.7. The lowest BCUT2D eigenvalue weighted by Gasteiger charge is -2.05. The number of amides is 1. The Morgan fingerprint density at radius 2 is 1.53 bits per heavy atom. The molecule has 0 spiro atoms. The molecule has 0 radical (unpaired) electrons. The minimum atomic E-state index is -1.24. The number of ketones is 1. The van der Waals surface area contributed by atoms with Crippen molar-refractivity contribution >= 4 is 56.7 Å². The first-order valence-corrected chi connectivity index (χ1v) is 12.3. The van der Waals surface area contributed by atoms with Crippen LogP contribution >= 0.6 is 23.1 Å². The van der Waals surface area contributed by atoms with Crippen LogP contribution in [0.15, 0.2) is 77.8 Å².